The Bertz CT molecular complexity index is 1320. The lowest BCUT2D eigenvalue weighted by Crippen LogP contribution is -2.50. The van der Waals surface area contributed by atoms with Crippen LogP contribution in [0, 0.1) is 11.8 Å². The van der Waals surface area contributed by atoms with E-state index < -0.39 is 0 Å². The summed E-state index contributed by atoms with van der Waals surface area (Å²) in [6, 6.07) is 42.9. The van der Waals surface area contributed by atoms with Gasteiger partial charge in [-0.1, -0.05) is 109 Å². The third kappa shape index (κ3) is 7.42. The lowest BCUT2D eigenvalue weighted by atomic mass is 9.83. The number of para-hydroxylation sites is 2. The SMILES string of the molecule is C(#CC1(Nc2ccccc2)CCN(Cc2ccccc2)CC1)C1(Nc2ccccc2)CCN(Cc2ccccc2)CC1. The van der Waals surface area contributed by atoms with Gasteiger partial charge in [0.15, 0.2) is 0 Å². The largest absolute Gasteiger partial charge is 0.369 e. The van der Waals surface area contributed by atoms with Gasteiger partial charge in [-0.05, 0) is 61.1 Å². The maximum atomic E-state index is 3.90. The van der Waals surface area contributed by atoms with Crippen molar-refractivity contribution in [1.29, 1.82) is 0 Å². The van der Waals surface area contributed by atoms with Crippen molar-refractivity contribution in [2.75, 3.05) is 36.8 Å². The van der Waals surface area contributed by atoms with Gasteiger partial charge in [-0.2, -0.15) is 0 Å². The molecule has 0 unspecified atom stereocenters. The Morgan fingerprint density at radius 1 is 0.452 bits per heavy atom. The molecule has 0 amide bonds. The van der Waals surface area contributed by atoms with E-state index in [9.17, 15) is 0 Å². The summed E-state index contributed by atoms with van der Waals surface area (Å²) in [5.74, 6) is 7.79. The Kier molecular flexibility index (Phi) is 8.89. The first-order valence-electron chi connectivity index (χ1n) is 15.4. The Labute approximate surface area is 251 Å². The van der Waals surface area contributed by atoms with Crippen molar-refractivity contribution in [3.05, 3.63) is 132 Å². The molecule has 2 N–H and O–H groups in total. The van der Waals surface area contributed by atoms with Crippen LogP contribution in [0.15, 0.2) is 121 Å². The highest BCUT2D eigenvalue weighted by molar-refractivity contribution is 5.52. The average molecular weight is 555 g/mol. The number of hydrogen-bond donors (Lipinski definition) is 2. The molecular weight excluding hydrogens is 512 g/mol. The summed E-state index contributed by atoms with van der Waals surface area (Å²) in [4.78, 5) is 5.14. The van der Waals surface area contributed by atoms with Crippen LogP contribution < -0.4 is 10.6 Å². The number of nitrogens with zero attached hydrogens (tertiary/aromatic N) is 2. The first-order valence-corrected chi connectivity index (χ1v) is 15.4. The second-order valence-corrected chi connectivity index (χ2v) is 11.9. The molecule has 2 heterocycles. The van der Waals surface area contributed by atoms with Gasteiger partial charge in [0.25, 0.3) is 0 Å². The van der Waals surface area contributed by atoms with Crippen LogP contribution >= 0.6 is 0 Å². The van der Waals surface area contributed by atoms with Crippen LogP contribution in [0.4, 0.5) is 11.4 Å². The zero-order chi connectivity index (χ0) is 28.5. The predicted molar refractivity (Wildman–Crippen MR) is 175 cm³/mol. The molecule has 0 bridgehead atoms. The van der Waals surface area contributed by atoms with Gasteiger partial charge in [0, 0.05) is 50.6 Å². The Morgan fingerprint density at radius 2 is 0.762 bits per heavy atom. The predicted octanol–water partition coefficient (Wildman–Crippen LogP) is 7.28. The molecule has 0 aliphatic carbocycles. The molecule has 0 spiro atoms. The molecule has 6 rings (SSSR count). The molecule has 2 fully saturated rings. The van der Waals surface area contributed by atoms with Crippen LogP contribution in [0.25, 0.3) is 0 Å². The molecule has 0 aromatic heterocycles. The number of rotatable bonds is 8. The smallest absolute Gasteiger partial charge is 0.101 e. The molecule has 4 nitrogen and oxygen atoms in total. The van der Waals surface area contributed by atoms with E-state index in [0.29, 0.717) is 0 Å². The summed E-state index contributed by atoms with van der Waals surface area (Å²) >= 11 is 0. The van der Waals surface area contributed by atoms with Crippen LogP contribution in [0.1, 0.15) is 36.8 Å². The van der Waals surface area contributed by atoms with Gasteiger partial charge in [-0.3, -0.25) is 9.80 Å². The van der Waals surface area contributed by atoms with E-state index in [-0.39, 0.29) is 11.1 Å². The van der Waals surface area contributed by atoms with E-state index in [1.165, 1.54) is 11.1 Å². The van der Waals surface area contributed by atoms with Gasteiger partial charge >= 0.3 is 0 Å². The standard InChI is InChI=1S/C38H42N4/c1-5-13-33(14-6-1)31-41-27-23-37(24-28-41,39-35-17-9-3-10-18-35)21-22-38(40-36-19-11-4-12-20-36)25-29-42(30-26-38)32-34-15-7-2-8-16-34/h1-20,39-40H,23-32H2. The second kappa shape index (κ2) is 13.3. The first-order chi connectivity index (χ1) is 20.7. The number of nitrogens with one attached hydrogen (secondary N) is 2. The minimum Gasteiger partial charge on any atom is -0.369 e. The van der Waals surface area contributed by atoms with Crippen LogP contribution in [-0.4, -0.2) is 47.1 Å². The van der Waals surface area contributed by atoms with Crippen LogP contribution in [-0.2, 0) is 13.1 Å². The lowest BCUT2D eigenvalue weighted by molar-refractivity contribution is 0.186. The van der Waals surface area contributed by atoms with Crippen molar-refractivity contribution >= 4 is 11.4 Å². The van der Waals surface area contributed by atoms with Crippen molar-refractivity contribution in [3.8, 4) is 11.8 Å². The summed E-state index contributed by atoms with van der Waals surface area (Å²) in [6.45, 7) is 6.07. The third-order valence-electron chi connectivity index (χ3n) is 8.77. The van der Waals surface area contributed by atoms with E-state index in [2.05, 4.69) is 154 Å². The fourth-order valence-electron chi connectivity index (χ4n) is 6.27. The van der Waals surface area contributed by atoms with Gasteiger partial charge < -0.3 is 10.6 Å². The number of benzene rings is 4. The summed E-state index contributed by atoms with van der Waals surface area (Å²) in [6.07, 6.45) is 3.96. The fraction of sp³-hybridized carbons (Fsp3) is 0.316. The zero-order valence-electron chi connectivity index (χ0n) is 24.5. The molecule has 0 saturated carbocycles. The molecule has 2 aliphatic rings. The Morgan fingerprint density at radius 3 is 1.10 bits per heavy atom. The molecule has 0 radical (unpaired) electrons. The topological polar surface area (TPSA) is 30.5 Å². The number of hydrogen-bond acceptors (Lipinski definition) is 4. The van der Waals surface area contributed by atoms with E-state index in [1.807, 2.05) is 0 Å². The van der Waals surface area contributed by atoms with Gasteiger partial charge in [0.2, 0.25) is 0 Å². The van der Waals surface area contributed by atoms with Gasteiger partial charge in [0.05, 0.1) is 0 Å². The quantitative estimate of drug-likeness (QED) is 0.224. The Balaban J connectivity index is 1.23. The van der Waals surface area contributed by atoms with E-state index >= 15 is 0 Å². The van der Waals surface area contributed by atoms with Crippen molar-refractivity contribution in [2.45, 2.75) is 49.9 Å². The lowest BCUT2D eigenvalue weighted by Gasteiger charge is -2.42. The molecule has 4 aromatic carbocycles. The minimum atomic E-state index is -0.263. The fourth-order valence-corrected chi connectivity index (χ4v) is 6.27. The number of likely N-dealkylation sites (tertiary alicyclic amines) is 2. The van der Waals surface area contributed by atoms with E-state index in [0.717, 1.165) is 76.3 Å². The molecule has 4 heteroatoms. The maximum absolute atomic E-state index is 3.90. The summed E-state index contributed by atoms with van der Waals surface area (Å²) < 4.78 is 0. The van der Waals surface area contributed by atoms with Crippen molar-refractivity contribution in [2.24, 2.45) is 0 Å². The summed E-state index contributed by atoms with van der Waals surface area (Å²) in [5, 5.41) is 7.80. The normalized spacial score (nSPS) is 18.4. The molecule has 2 saturated heterocycles. The second-order valence-electron chi connectivity index (χ2n) is 11.9. The minimum absolute atomic E-state index is 0.263. The average Bonchev–Trinajstić information content (AvgIpc) is 3.05. The van der Waals surface area contributed by atoms with Crippen molar-refractivity contribution < 1.29 is 0 Å². The highest BCUT2D eigenvalue weighted by Crippen LogP contribution is 2.31. The highest BCUT2D eigenvalue weighted by atomic mass is 15.2. The third-order valence-corrected chi connectivity index (χ3v) is 8.77. The molecule has 0 atom stereocenters. The molecule has 2 aliphatic heterocycles. The van der Waals surface area contributed by atoms with Crippen molar-refractivity contribution in [3.63, 3.8) is 0 Å². The summed E-state index contributed by atoms with van der Waals surface area (Å²) in [5.41, 5.74) is 4.51. The zero-order valence-corrected chi connectivity index (χ0v) is 24.5. The molecule has 214 valence electrons. The molecule has 42 heavy (non-hydrogen) atoms. The highest BCUT2D eigenvalue weighted by Gasteiger charge is 2.37. The first kappa shape index (κ1) is 28.1. The molecule has 4 aromatic rings. The van der Waals surface area contributed by atoms with E-state index in [1.54, 1.807) is 0 Å². The number of anilines is 2. The van der Waals surface area contributed by atoms with Gasteiger partial charge in [0.1, 0.15) is 11.1 Å². The van der Waals surface area contributed by atoms with Gasteiger partial charge in [-0.15, -0.1) is 0 Å². The summed E-state index contributed by atoms with van der Waals surface area (Å²) in [7, 11) is 0. The van der Waals surface area contributed by atoms with Gasteiger partial charge in [-0.25, -0.2) is 0 Å². The maximum Gasteiger partial charge on any atom is 0.101 e. The molecular formula is C38H42N4. The van der Waals surface area contributed by atoms with Crippen LogP contribution in [0.5, 0.6) is 0 Å². The number of piperidine rings is 2. The van der Waals surface area contributed by atoms with Crippen LogP contribution in [0.2, 0.25) is 0 Å². The van der Waals surface area contributed by atoms with Crippen molar-refractivity contribution in [1.82, 2.24) is 9.80 Å². The van der Waals surface area contributed by atoms with Crippen LogP contribution in [0.3, 0.4) is 0 Å². The van der Waals surface area contributed by atoms with E-state index in [4.69, 9.17) is 0 Å². The Hall–Kier alpha value is -4.04. The monoisotopic (exact) mass is 554 g/mol.